The maximum Gasteiger partial charge on any atom is 0.0347 e. The van der Waals surface area contributed by atoms with Crippen LogP contribution in [0.3, 0.4) is 0 Å². The molecule has 0 aliphatic rings. The molecular formula is C12H13N3. The molecule has 0 spiro atoms. The number of rotatable bonds is 2. The zero-order valence-corrected chi connectivity index (χ0v) is 8.64. The molecule has 0 radical (unpaired) electrons. The van der Waals surface area contributed by atoms with Crippen LogP contribution in [-0.4, -0.2) is 9.97 Å². The lowest BCUT2D eigenvalue weighted by atomic mass is 10.1. The maximum absolute atomic E-state index is 5.57. The first-order chi connectivity index (χ1) is 7.29. The van der Waals surface area contributed by atoms with Crippen molar-refractivity contribution in [2.45, 2.75) is 13.5 Å². The number of hydrogen-bond acceptors (Lipinski definition) is 3. The van der Waals surface area contributed by atoms with E-state index < -0.39 is 0 Å². The van der Waals surface area contributed by atoms with Crippen molar-refractivity contribution in [3.63, 3.8) is 0 Å². The molecular weight excluding hydrogens is 186 g/mol. The predicted molar refractivity (Wildman–Crippen MR) is 60.1 cm³/mol. The Labute approximate surface area is 89.0 Å². The van der Waals surface area contributed by atoms with Gasteiger partial charge in [-0.25, -0.2) is 0 Å². The van der Waals surface area contributed by atoms with Gasteiger partial charge < -0.3 is 5.73 Å². The summed E-state index contributed by atoms with van der Waals surface area (Å²) in [6.07, 6.45) is 7.29. The van der Waals surface area contributed by atoms with Crippen molar-refractivity contribution >= 4 is 0 Å². The molecule has 76 valence electrons. The van der Waals surface area contributed by atoms with Crippen molar-refractivity contribution in [1.29, 1.82) is 0 Å². The van der Waals surface area contributed by atoms with Gasteiger partial charge in [-0.3, -0.25) is 9.97 Å². The number of nitrogens with zero attached hydrogens (tertiary/aromatic N) is 2. The van der Waals surface area contributed by atoms with Gasteiger partial charge >= 0.3 is 0 Å². The summed E-state index contributed by atoms with van der Waals surface area (Å²) in [6, 6.07) is 4.13. The van der Waals surface area contributed by atoms with Crippen LogP contribution in [0.5, 0.6) is 0 Å². The van der Waals surface area contributed by atoms with Gasteiger partial charge in [0.25, 0.3) is 0 Å². The summed E-state index contributed by atoms with van der Waals surface area (Å²) in [5.41, 5.74) is 9.90. The normalized spacial score (nSPS) is 10.3. The monoisotopic (exact) mass is 199 g/mol. The Morgan fingerprint density at radius 1 is 1.00 bits per heavy atom. The van der Waals surface area contributed by atoms with Gasteiger partial charge in [0.15, 0.2) is 0 Å². The van der Waals surface area contributed by atoms with E-state index in [9.17, 15) is 0 Å². The molecule has 0 aromatic carbocycles. The van der Waals surface area contributed by atoms with Gasteiger partial charge in [-0.15, -0.1) is 0 Å². The summed E-state index contributed by atoms with van der Waals surface area (Å²) in [6.45, 7) is 2.54. The third-order valence-electron chi connectivity index (χ3n) is 2.24. The molecule has 2 heterocycles. The quantitative estimate of drug-likeness (QED) is 0.803. The van der Waals surface area contributed by atoms with Crippen LogP contribution in [-0.2, 0) is 6.54 Å². The first-order valence-corrected chi connectivity index (χ1v) is 4.85. The van der Waals surface area contributed by atoms with Gasteiger partial charge in [0.2, 0.25) is 0 Å². The molecule has 0 amide bonds. The van der Waals surface area contributed by atoms with Crippen molar-refractivity contribution in [2.75, 3.05) is 0 Å². The largest absolute Gasteiger partial charge is 0.326 e. The van der Waals surface area contributed by atoms with E-state index in [0.717, 1.165) is 22.3 Å². The zero-order valence-electron chi connectivity index (χ0n) is 8.64. The van der Waals surface area contributed by atoms with Crippen molar-refractivity contribution in [3.05, 3.63) is 48.0 Å². The van der Waals surface area contributed by atoms with Crippen LogP contribution in [0.15, 0.2) is 36.9 Å². The van der Waals surface area contributed by atoms with Crippen LogP contribution in [0.2, 0.25) is 0 Å². The van der Waals surface area contributed by atoms with Gasteiger partial charge in [-0.2, -0.15) is 0 Å². The summed E-state index contributed by atoms with van der Waals surface area (Å²) in [4.78, 5) is 8.31. The SMILES string of the molecule is Cc1cncc(-c2cncc(CN)c2)c1. The number of pyridine rings is 2. The minimum Gasteiger partial charge on any atom is -0.326 e. The third kappa shape index (κ3) is 2.19. The fourth-order valence-electron chi connectivity index (χ4n) is 1.47. The number of aromatic nitrogens is 2. The molecule has 0 fully saturated rings. The van der Waals surface area contributed by atoms with Crippen LogP contribution in [0.25, 0.3) is 11.1 Å². The van der Waals surface area contributed by atoms with Crippen LogP contribution in [0.1, 0.15) is 11.1 Å². The van der Waals surface area contributed by atoms with Crippen molar-refractivity contribution in [2.24, 2.45) is 5.73 Å². The third-order valence-corrected chi connectivity index (χ3v) is 2.24. The second-order valence-electron chi connectivity index (χ2n) is 3.54. The second-order valence-corrected chi connectivity index (χ2v) is 3.54. The Balaban J connectivity index is 2.44. The van der Waals surface area contributed by atoms with Gasteiger partial charge in [0.05, 0.1) is 0 Å². The van der Waals surface area contributed by atoms with E-state index in [1.165, 1.54) is 0 Å². The smallest absolute Gasteiger partial charge is 0.0347 e. The molecule has 0 aliphatic carbocycles. The van der Waals surface area contributed by atoms with E-state index in [-0.39, 0.29) is 0 Å². The van der Waals surface area contributed by atoms with E-state index in [4.69, 9.17) is 5.73 Å². The Kier molecular flexibility index (Phi) is 2.74. The highest BCUT2D eigenvalue weighted by molar-refractivity contribution is 5.62. The molecule has 2 rings (SSSR count). The minimum absolute atomic E-state index is 0.514. The van der Waals surface area contributed by atoms with E-state index in [2.05, 4.69) is 16.0 Å². The molecule has 15 heavy (non-hydrogen) atoms. The molecule has 0 saturated carbocycles. The van der Waals surface area contributed by atoms with Gasteiger partial charge in [0, 0.05) is 42.5 Å². The highest BCUT2D eigenvalue weighted by atomic mass is 14.7. The fourth-order valence-corrected chi connectivity index (χ4v) is 1.47. The van der Waals surface area contributed by atoms with Gasteiger partial charge in [-0.1, -0.05) is 0 Å². The molecule has 0 unspecified atom stereocenters. The fraction of sp³-hybridized carbons (Fsp3) is 0.167. The van der Waals surface area contributed by atoms with E-state index in [1.807, 2.05) is 31.6 Å². The lowest BCUT2D eigenvalue weighted by Gasteiger charge is -2.03. The number of aryl methyl sites for hydroxylation is 1. The molecule has 2 aromatic heterocycles. The second kappa shape index (κ2) is 4.19. The molecule has 2 N–H and O–H groups in total. The Hall–Kier alpha value is -1.74. The van der Waals surface area contributed by atoms with Crippen LogP contribution in [0.4, 0.5) is 0 Å². The van der Waals surface area contributed by atoms with E-state index >= 15 is 0 Å². The molecule has 0 bridgehead atoms. The molecule has 3 nitrogen and oxygen atoms in total. The van der Waals surface area contributed by atoms with E-state index in [0.29, 0.717) is 6.54 Å². The van der Waals surface area contributed by atoms with Gasteiger partial charge in [0.1, 0.15) is 0 Å². The van der Waals surface area contributed by atoms with Crippen molar-refractivity contribution < 1.29 is 0 Å². The molecule has 2 aromatic rings. The molecule has 0 aliphatic heterocycles. The van der Waals surface area contributed by atoms with E-state index in [1.54, 1.807) is 6.20 Å². The lowest BCUT2D eigenvalue weighted by molar-refractivity contribution is 1.05. The number of hydrogen-bond donors (Lipinski definition) is 1. The van der Waals surface area contributed by atoms with Crippen LogP contribution >= 0.6 is 0 Å². The van der Waals surface area contributed by atoms with Gasteiger partial charge in [-0.05, 0) is 30.2 Å². The average Bonchev–Trinajstić information content (AvgIpc) is 2.29. The summed E-state index contributed by atoms with van der Waals surface area (Å²) in [5, 5.41) is 0. The lowest BCUT2D eigenvalue weighted by Crippen LogP contribution is -1.97. The predicted octanol–water partition coefficient (Wildman–Crippen LogP) is 1.91. The minimum atomic E-state index is 0.514. The molecule has 0 saturated heterocycles. The summed E-state index contributed by atoms with van der Waals surface area (Å²) >= 11 is 0. The van der Waals surface area contributed by atoms with Crippen molar-refractivity contribution in [3.8, 4) is 11.1 Å². The summed E-state index contributed by atoms with van der Waals surface area (Å²) in [7, 11) is 0. The maximum atomic E-state index is 5.57. The highest BCUT2D eigenvalue weighted by Crippen LogP contribution is 2.18. The number of nitrogens with two attached hydrogens (primary N) is 1. The Morgan fingerprint density at radius 3 is 2.33 bits per heavy atom. The Bertz CT molecular complexity index is 466. The summed E-state index contributed by atoms with van der Waals surface area (Å²) < 4.78 is 0. The summed E-state index contributed by atoms with van der Waals surface area (Å²) in [5.74, 6) is 0. The standard InChI is InChI=1S/C12H13N3/c1-9-2-11(7-14-5-9)12-3-10(4-13)6-15-8-12/h2-3,5-8H,4,13H2,1H3. The zero-order chi connectivity index (χ0) is 10.7. The molecule has 3 heteroatoms. The highest BCUT2D eigenvalue weighted by Gasteiger charge is 1.99. The van der Waals surface area contributed by atoms with Crippen LogP contribution < -0.4 is 5.73 Å². The first kappa shape index (κ1) is 9.80. The topological polar surface area (TPSA) is 51.8 Å². The molecule has 0 atom stereocenters. The average molecular weight is 199 g/mol. The van der Waals surface area contributed by atoms with Crippen LogP contribution in [0, 0.1) is 6.92 Å². The Morgan fingerprint density at radius 2 is 1.67 bits per heavy atom. The first-order valence-electron chi connectivity index (χ1n) is 4.85. The van der Waals surface area contributed by atoms with Crippen molar-refractivity contribution in [1.82, 2.24) is 9.97 Å².